The number of fused-ring (bicyclic) bond motifs is 1. The summed E-state index contributed by atoms with van der Waals surface area (Å²) in [6, 6.07) is 15.9. The van der Waals surface area contributed by atoms with Crippen LogP contribution in [0.15, 0.2) is 54.7 Å². The van der Waals surface area contributed by atoms with Gasteiger partial charge in [0.25, 0.3) is 0 Å². The highest BCUT2D eigenvalue weighted by molar-refractivity contribution is 5.89. The summed E-state index contributed by atoms with van der Waals surface area (Å²) in [4.78, 5) is 14.7. The van der Waals surface area contributed by atoms with Crippen molar-refractivity contribution in [2.24, 2.45) is 0 Å². The normalized spacial score (nSPS) is 10.6. The van der Waals surface area contributed by atoms with Gasteiger partial charge in [0.05, 0.1) is 6.42 Å². The van der Waals surface area contributed by atoms with E-state index >= 15 is 0 Å². The lowest BCUT2D eigenvalue weighted by Gasteiger charge is -2.07. The molecule has 0 bridgehead atoms. The van der Waals surface area contributed by atoms with Crippen LogP contribution in [0.4, 0.5) is 0 Å². The summed E-state index contributed by atoms with van der Waals surface area (Å²) in [5.74, 6) is 0.797. The lowest BCUT2D eigenvalue weighted by Crippen LogP contribution is -2.19. The third-order valence-corrected chi connectivity index (χ3v) is 3.62. The van der Waals surface area contributed by atoms with Gasteiger partial charge in [0.1, 0.15) is 12.4 Å². The zero-order valence-corrected chi connectivity index (χ0v) is 12.4. The highest BCUT2D eigenvalue weighted by atomic mass is 16.5. The number of amides is 1. The first-order valence-corrected chi connectivity index (χ1v) is 7.23. The molecule has 0 aliphatic heterocycles. The van der Waals surface area contributed by atoms with E-state index in [9.17, 15) is 4.79 Å². The number of hydrogen-bond acceptors (Lipinski definition) is 2. The monoisotopic (exact) mass is 294 g/mol. The molecule has 112 valence electrons. The SMILES string of the molecule is CNC(=O)Cc1c[nH]c2ccc(OCc3ccccc3)cc12. The van der Waals surface area contributed by atoms with Crippen molar-refractivity contribution in [3.05, 3.63) is 65.9 Å². The highest BCUT2D eigenvalue weighted by Crippen LogP contribution is 2.24. The van der Waals surface area contributed by atoms with Gasteiger partial charge in [-0.1, -0.05) is 30.3 Å². The Bertz CT molecular complexity index is 778. The summed E-state index contributed by atoms with van der Waals surface area (Å²) >= 11 is 0. The quantitative estimate of drug-likeness (QED) is 0.760. The van der Waals surface area contributed by atoms with Crippen LogP contribution in [0, 0.1) is 0 Å². The van der Waals surface area contributed by atoms with E-state index in [2.05, 4.69) is 10.3 Å². The van der Waals surface area contributed by atoms with Gasteiger partial charge in [-0.2, -0.15) is 0 Å². The van der Waals surface area contributed by atoms with Gasteiger partial charge >= 0.3 is 0 Å². The van der Waals surface area contributed by atoms with Crippen molar-refractivity contribution in [1.82, 2.24) is 10.3 Å². The smallest absolute Gasteiger partial charge is 0.224 e. The molecule has 3 aromatic rings. The zero-order chi connectivity index (χ0) is 15.4. The number of aromatic amines is 1. The lowest BCUT2D eigenvalue weighted by molar-refractivity contribution is -0.119. The predicted molar refractivity (Wildman–Crippen MR) is 86.8 cm³/mol. The van der Waals surface area contributed by atoms with Crippen molar-refractivity contribution in [1.29, 1.82) is 0 Å². The molecule has 0 atom stereocenters. The molecule has 2 N–H and O–H groups in total. The minimum atomic E-state index is -0.00323. The molecule has 0 unspecified atom stereocenters. The third-order valence-electron chi connectivity index (χ3n) is 3.62. The number of benzene rings is 2. The highest BCUT2D eigenvalue weighted by Gasteiger charge is 2.08. The van der Waals surface area contributed by atoms with E-state index in [1.54, 1.807) is 7.05 Å². The third kappa shape index (κ3) is 3.11. The van der Waals surface area contributed by atoms with Crippen LogP contribution in [0.1, 0.15) is 11.1 Å². The van der Waals surface area contributed by atoms with Crippen molar-refractivity contribution in [3.63, 3.8) is 0 Å². The Morgan fingerprint density at radius 1 is 1.18 bits per heavy atom. The number of H-pyrrole nitrogens is 1. The van der Waals surface area contributed by atoms with Gasteiger partial charge in [-0.3, -0.25) is 4.79 Å². The topological polar surface area (TPSA) is 54.1 Å². The van der Waals surface area contributed by atoms with E-state index in [0.717, 1.165) is 27.8 Å². The molecule has 0 fully saturated rings. The Morgan fingerprint density at radius 3 is 2.77 bits per heavy atom. The van der Waals surface area contributed by atoms with Gasteiger partial charge in [0, 0.05) is 24.1 Å². The second-order valence-corrected chi connectivity index (χ2v) is 5.15. The first-order valence-electron chi connectivity index (χ1n) is 7.23. The minimum absolute atomic E-state index is 0.00323. The molecule has 1 amide bonds. The van der Waals surface area contributed by atoms with Crippen molar-refractivity contribution < 1.29 is 9.53 Å². The number of rotatable bonds is 5. The average molecular weight is 294 g/mol. The fraction of sp³-hybridized carbons (Fsp3) is 0.167. The molecule has 1 heterocycles. The molecule has 22 heavy (non-hydrogen) atoms. The van der Waals surface area contributed by atoms with Crippen LogP contribution in [0.2, 0.25) is 0 Å². The summed E-state index contributed by atoms with van der Waals surface area (Å²) < 4.78 is 5.84. The van der Waals surface area contributed by atoms with Crippen LogP contribution in [0.3, 0.4) is 0 Å². The van der Waals surface area contributed by atoms with E-state index in [-0.39, 0.29) is 5.91 Å². The van der Waals surface area contributed by atoms with E-state index in [1.165, 1.54) is 0 Å². The fourth-order valence-electron chi connectivity index (χ4n) is 2.40. The predicted octanol–water partition coefficient (Wildman–Crippen LogP) is 3.04. The van der Waals surface area contributed by atoms with E-state index < -0.39 is 0 Å². The molecule has 4 nitrogen and oxygen atoms in total. The van der Waals surface area contributed by atoms with Crippen molar-refractivity contribution >= 4 is 16.8 Å². The van der Waals surface area contributed by atoms with Crippen molar-refractivity contribution in [2.45, 2.75) is 13.0 Å². The molecule has 0 aliphatic rings. The van der Waals surface area contributed by atoms with Crippen molar-refractivity contribution in [2.75, 3.05) is 7.05 Å². The van der Waals surface area contributed by atoms with Gasteiger partial charge in [-0.15, -0.1) is 0 Å². The molecule has 3 rings (SSSR count). The molecule has 4 heteroatoms. The summed E-state index contributed by atoms with van der Waals surface area (Å²) in [6.45, 7) is 0.529. The maximum absolute atomic E-state index is 11.6. The Hall–Kier alpha value is -2.75. The standard InChI is InChI=1S/C18H18N2O2/c1-19-18(21)9-14-11-20-17-8-7-15(10-16(14)17)22-12-13-5-3-2-4-6-13/h2-8,10-11,20H,9,12H2,1H3,(H,19,21). The van der Waals surface area contributed by atoms with Crippen LogP contribution >= 0.6 is 0 Å². The molecular weight excluding hydrogens is 276 g/mol. The number of nitrogens with one attached hydrogen (secondary N) is 2. The Labute approximate surface area is 129 Å². The number of likely N-dealkylation sites (N-methyl/N-ethyl adjacent to an activating group) is 1. The van der Waals surface area contributed by atoms with Crippen LogP contribution in [-0.2, 0) is 17.8 Å². The summed E-state index contributed by atoms with van der Waals surface area (Å²) in [6.07, 6.45) is 2.24. The summed E-state index contributed by atoms with van der Waals surface area (Å²) in [7, 11) is 1.64. The van der Waals surface area contributed by atoms with E-state index in [0.29, 0.717) is 13.0 Å². The van der Waals surface area contributed by atoms with E-state index in [4.69, 9.17) is 4.74 Å². The largest absolute Gasteiger partial charge is 0.489 e. The van der Waals surface area contributed by atoms with Crippen LogP contribution < -0.4 is 10.1 Å². The maximum atomic E-state index is 11.6. The minimum Gasteiger partial charge on any atom is -0.489 e. The average Bonchev–Trinajstić information content (AvgIpc) is 2.96. The maximum Gasteiger partial charge on any atom is 0.224 e. The van der Waals surface area contributed by atoms with Crippen LogP contribution in [0.5, 0.6) is 5.75 Å². The van der Waals surface area contributed by atoms with Crippen LogP contribution in [0.25, 0.3) is 10.9 Å². The van der Waals surface area contributed by atoms with Gasteiger partial charge in [-0.05, 0) is 29.3 Å². The molecule has 0 aliphatic carbocycles. The van der Waals surface area contributed by atoms with Gasteiger partial charge in [0.15, 0.2) is 0 Å². The summed E-state index contributed by atoms with van der Waals surface area (Å²) in [5, 5.41) is 3.67. The molecular formula is C18H18N2O2. The number of carbonyl (C=O) groups is 1. The molecule has 1 aromatic heterocycles. The molecule has 0 spiro atoms. The molecule has 0 saturated heterocycles. The summed E-state index contributed by atoms with van der Waals surface area (Å²) in [5.41, 5.74) is 3.10. The number of aromatic nitrogens is 1. The second kappa shape index (κ2) is 6.35. The van der Waals surface area contributed by atoms with Crippen molar-refractivity contribution in [3.8, 4) is 5.75 Å². The number of hydrogen-bond donors (Lipinski definition) is 2. The van der Waals surface area contributed by atoms with Gasteiger partial charge in [-0.25, -0.2) is 0 Å². The number of carbonyl (C=O) groups excluding carboxylic acids is 1. The first kappa shape index (κ1) is 14.2. The fourth-order valence-corrected chi connectivity index (χ4v) is 2.40. The van der Waals surface area contributed by atoms with Crippen LogP contribution in [-0.4, -0.2) is 17.9 Å². The van der Waals surface area contributed by atoms with Gasteiger partial charge < -0.3 is 15.0 Å². The van der Waals surface area contributed by atoms with E-state index in [1.807, 2.05) is 54.7 Å². The Balaban J connectivity index is 1.79. The second-order valence-electron chi connectivity index (χ2n) is 5.15. The number of ether oxygens (including phenoxy) is 1. The molecule has 0 saturated carbocycles. The molecule has 2 aromatic carbocycles. The molecule has 0 radical (unpaired) electrons. The zero-order valence-electron chi connectivity index (χ0n) is 12.4. The van der Waals surface area contributed by atoms with Gasteiger partial charge in [0.2, 0.25) is 5.91 Å². The lowest BCUT2D eigenvalue weighted by atomic mass is 10.1. The Kier molecular flexibility index (Phi) is 4.10. The first-order chi connectivity index (χ1) is 10.8. The Morgan fingerprint density at radius 2 is 2.00 bits per heavy atom.